The number of benzene rings is 2. The summed E-state index contributed by atoms with van der Waals surface area (Å²) in [7, 11) is 1.51. The number of hydrogen-bond donors (Lipinski definition) is 1. The van der Waals surface area contributed by atoms with Gasteiger partial charge in [0, 0.05) is 19.2 Å². The van der Waals surface area contributed by atoms with Crippen LogP contribution in [0.1, 0.15) is 17.2 Å². The molecule has 2 amide bonds. The fourth-order valence-corrected chi connectivity index (χ4v) is 2.95. The molecule has 3 rings (SSSR count). The van der Waals surface area contributed by atoms with E-state index in [0.29, 0.717) is 5.56 Å². The van der Waals surface area contributed by atoms with Crippen LogP contribution in [0.25, 0.3) is 0 Å². The Morgan fingerprint density at radius 1 is 1.23 bits per heavy atom. The van der Waals surface area contributed by atoms with E-state index in [1.807, 2.05) is 0 Å². The van der Waals surface area contributed by atoms with E-state index in [4.69, 9.17) is 4.74 Å². The molecule has 0 bridgehead atoms. The van der Waals surface area contributed by atoms with Crippen molar-refractivity contribution in [2.75, 3.05) is 13.7 Å². The van der Waals surface area contributed by atoms with Crippen LogP contribution in [0.2, 0.25) is 0 Å². The fraction of sp³-hybridized carbons (Fsp3) is 0.263. The molecule has 2 aromatic rings. The van der Waals surface area contributed by atoms with Crippen molar-refractivity contribution >= 4 is 11.8 Å². The molecule has 1 aliphatic heterocycles. The van der Waals surface area contributed by atoms with Gasteiger partial charge in [0.05, 0.1) is 6.04 Å². The van der Waals surface area contributed by atoms with E-state index in [2.05, 4.69) is 5.32 Å². The second kappa shape index (κ2) is 7.61. The molecular weight excluding hydrogens is 342 g/mol. The fourth-order valence-electron chi connectivity index (χ4n) is 2.95. The zero-order chi connectivity index (χ0) is 18.7. The zero-order valence-corrected chi connectivity index (χ0v) is 14.1. The van der Waals surface area contributed by atoms with Gasteiger partial charge in [-0.25, -0.2) is 8.78 Å². The third-order valence-corrected chi connectivity index (χ3v) is 4.32. The van der Waals surface area contributed by atoms with Crippen molar-refractivity contribution in [1.29, 1.82) is 0 Å². The van der Waals surface area contributed by atoms with Gasteiger partial charge in [0.1, 0.15) is 18.2 Å². The summed E-state index contributed by atoms with van der Waals surface area (Å²) in [5, 5.41) is 2.66. The summed E-state index contributed by atoms with van der Waals surface area (Å²) in [6, 6.07) is 10.9. The lowest BCUT2D eigenvalue weighted by Crippen LogP contribution is -2.53. The third kappa shape index (κ3) is 3.72. The van der Waals surface area contributed by atoms with E-state index in [-0.39, 0.29) is 24.6 Å². The lowest BCUT2D eigenvalue weighted by Gasteiger charge is -2.38. The minimum atomic E-state index is -1.07. The number of nitrogens with zero attached hydrogens (tertiary/aromatic N) is 1. The van der Waals surface area contributed by atoms with Crippen molar-refractivity contribution < 1.29 is 23.1 Å². The third-order valence-electron chi connectivity index (χ3n) is 4.32. The average Bonchev–Trinajstić information content (AvgIpc) is 2.63. The molecule has 0 spiro atoms. The van der Waals surface area contributed by atoms with Gasteiger partial charge < -0.3 is 15.0 Å². The highest BCUT2D eigenvalue weighted by atomic mass is 19.1. The van der Waals surface area contributed by atoms with Crippen LogP contribution in [0.15, 0.2) is 48.5 Å². The molecule has 5 nitrogen and oxygen atoms in total. The van der Waals surface area contributed by atoms with Crippen LogP contribution in [0.5, 0.6) is 0 Å². The summed E-state index contributed by atoms with van der Waals surface area (Å²) in [6.45, 7) is -0.169. The van der Waals surface area contributed by atoms with Gasteiger partial charge in [-0.2, -0.15) is 0 Å². The number of morpholine rings is 1. The maximum Gasteiger partial charge on any atom is 0.251 e. The first kappa shape index (κ1) is 18.0. The maximum atomic E-state index is 14.2. The number of halogens is 2. The van der Waals surface area contributed by atoms with Crippen molar-refractivity contribution in [2.24, 2.45) is 0 Å². The predicted octanol–water partition coefficient (Wildman–Crippen LogP) is 2.18. The molecule has 2 atom stereocenters. The first-order chi connectivity index (χ1) is 12.5. The minimum Gasteiger partial charge on any atom is -0.356 e. The number of hydrogen-bond acceptors (Lipinski definition) is 3. The number of ether oxygens (including phenoxy) is 1. The van der Waals surface area contributed by atoms with Crippen molar-refractivity contribution in [2.45, 2.75) is 18.7 Å². The van der Waals surface area contributed by atoms with E-state index >= 15 is 0 Å². The quantitative estimate of drug-likeness (QED) is 0.909. The Bertz CT molecular complexity index is 828. The molecule has 7 heteroatoms. The van der Waals surface area contributed by atoms with Gasteiger partial charge >= 0.3 is 0 Å². The number of amides is 2. The van der Waals surface area contributed by atoms with Gasteiger partial charge in [-0.3, -0.25) is 9.59 Å². The van der Waals surface area contributed by atoms with Crippen molar-refractivity contribution in [3.8, 4) is 0 Å². The summed E-state index contributed by atoms with van der Waals surface area (Å²) in [6.07, 6.45) is -1.07. The van der Waals surface area contributed by atoms with Crippen molar-refractivity contribution in [3.63, 3.8) is 0 Å². The highest BCUT2D eigenvalue weighted by molar-refractivity contribution is 5.86. The van der Waals surface area contributed by atoms with E-state index in [9.17, 15) is 18.4 Å². The highest BCUT2D eigenvalue weighted by Gasteiger charge is 2.41. The molecule has 1 aliphatic rings. The van der Waals surface area contributed by atoms with Gasteiger partial charge in [-0.05, 0) is 23.8 Å². The molecule has 0 radical (unpaired) electrons. The van der Waals surface area contributed by atoms with Gasteiger partial charge in [-0.15, -0.1) is 0 Å². The van der Waals surface area contributed by atoms with E-state index in [0.717, 1.165) is 0 Å². The zero-order valence-electron chi connectivity index (χ0n) is 14.1. The van der Waals surface area contributed by atoms with Crippen LogP contribution < -0.4 is 5.32 Å². The second-order valence-corrected chi connectivity index (χ2v) is 6.05. The predicted molar refractivity (Wildman–Crippen MR) is 89.9 cm³/mol. The Balaban J connectivity index is 1.80. The first-order valence-electron chi connectivity index (χ1n) is 8.11. The summed E-state index contributed by atoms with van der Waals surface area (Å²) in [5.41, 5.74) is 0.787. The Hall–Kier alpha value is -2.80. The number of carbonyl (C=O) groups is 2. The van der Waals surface area contributed by atoms with E-state index in [1.54, 1.807) is 18.2 Å². The number of carbonyl (C=O) groups excluding carboxylic acids is 2. The number of likely N-dealkylation sites (N-methyl/N-ethyl adjacent to an activating group) is 1. The van der Waals surface area contributed by atoms with Gasteiger partial charge in [-0.1, -0.05) is 30.3 Å². The van der Waals surface area contributed by atoms with Crippen LogP contribution in [-0.4, -0.2) is 36.5 Å². The molecule has 0 saturated carbocycles. The molecular formula is C19H18F2N2O3. The largest absolute Gasteiger partial charge is 0.356 e. The van der Waals surface area contributed by atoms with Gasteiger partial charge in [0.15, 0.2) is 6.10 Å². The van der Waals surface area contributed by atoms with Crippen LogP contribution in [0.3, 0.4) is 0 Å². The molecule has 136 valence electrons. The standard InChI is InChI=1S/C19H18F2N2O3/c1-23-16(24)11-26-18(17(23)14-7-2-3-8-15(14)21)19(25)22-10-12-5-4-6-13(20)9-12/h2-9,17-18H,10-11H2,1H3,(H,22,25)/t17-,18-/m0/s1. The van der Waals surface area contributed by atoms with Crippen LogP contribution in [0.4, 0.5) is 8.78 Å². The maximum absolute atomic E-state index is 14.2. The first-order valence-corrected chi connectivity index (χ1v) is 8.11. The molecule has 0 aliphatic carbocycles. The molecule has 2 aromatic carbocycles. The minimum absolute atomic E-state index is 0.0953. The number of nitrogens with one attached hydrogen (secondary N) is 1. The highest BCUT2D eigenvalue weighted by Crippen LogP contribution is 2.30. The summed E-state index contributed by atoms with van der Waals surface area (Å²) < 4.78 is 32.9. The molecule has 0 aromatic heterocycles. The molecule has 1 saturated heterocycles. The van der Waals surface area contributed by atoms with Crippen molar-refractivity contribution in [1.82, 2.24) is 10.2 Å². The van der Waals surface area contributed by atoms with Gasteiger partial charge in [0.2, 0.25) is 5.91 Å². The van der Waals surface area contributed by atoms with Crippen LogP contribution in [0, 0.1) is 11.6 Å². The molecule has 1 fully saturated rings. The summed E-state index contributed by atoms with van der Waals surface area (Å²) in [4.78, 5) is 25.9. The number of rotatable bonds is 4. The lowest BCUT2D eigenvalue weighted by molar-refractivity contribution is -0.162. The van der Waals surface area contributed by atoms with E-state index < -0.39 is 29.7 Å². The monoisotopic (exact) mass is 360 g/mol. The Morgan fingerprint density at radius 3 is 2.73 bits per heavy atom. The van der Waals surface area contributed by atoms with Crippen LogP contribution >= 0.6 is 0 Å². The molecule has 0 unspecified atom stereocenters. The topological polar surface area (TPSA) is 58.6 Å². The molecule has 1 heterocycles. The Labute approximate surface area is 149 Å². The Morgan fingerprint density at radius 2 is 2.00 bits per heavy atom. The second-order valence-electron chi connectivity index (χ2n) is 6.05. The SMILES string of the molecule is CN1C(=O)CO[C@H](C(=O)NCc2cccc(F)c2)[C@@H]1c1ccccc1F. The van der Waals surface area contributed by atoms with E-state index in [1.165, 1.54) is 42.3 Å². The summed E-state index contributed by atoms with van der Waals surface area (Å²) in [5.74, 6) is -1.76. The van der Waals surface area contributed by atoms with Crippen molar-refractivity contribution in [3.05, 3.63) is 71.3 Å². The van der Waals surface area contributed by atoms with Gasteiger partial charge in [0.25, 0.3) is 5.91 Å². The smallest absolute Gasteiger partial charge is 0.251 e. The molecule has 26 heavy (non-hydrogen) atoms. The summed E-state index contributed by atoms with van der Waals surface area (Å²) >= 11 is 0. The van der Waals surface area contributed by atoms with Crippen LogP contribution in [-0.2, 0) is 20.9 Å². The average molecular weight is 360 g/mol. The normalized spacial score (nSPS) is 20.1. The lowest BCUT2D eigenvalue weighted by atomic mass is 9.97. The Kier molecular flexibility index (Phi) is 5.27. The molecule has 1 N–H and O–H groups in total.